The van der Waals surface area contributed by atoms with Crippen LogP contribution in [0.2, 0.25) is 0 Å². The first-order valence-corrected chi connectivity index (χ1v) is 7.10. The van der Waals surface area contributed by atoms with E-state index >= 15 is 0 Å². The molecule has 1 unspecified atom stereocenters. The third-order valence-corrected chi connectivity index (χ3v) is 3.71. The van der Waals surface area contributed by atoms with E-state index in [2.05, 4.69) is 10.5 Å². The fourth-order valence-corrected chi connectivity index (χ4v) is 2.45. The molecule has 0 amide bonds. The van der Waals surface area contributed by atoms with Gasteiger partial charge in [-0.2, -0.15) is 0 Å². The van der Waals surface area contributed by atoms with E-state index in [1.54, 1.807) is 0 Å². The fraction of sp³-hybridized carbons (Fsp3) is 0.533. The largest absolute Gasteiger partial charge is 0.409 e. The maximum Gasteiger partial charge on any atom is 0.170 e. The zero-order valence-corrected chi connectivity index (χ0v) is 11.9. The lowest BCUT2D eigenvalue weighted by Gasteiger charge is -2.23. The molecule has 1 aromatic rings. The van der Waals surface area contributed by atoms with Crippen molar-refractivity contribution in [2.45, 2.75) is 38.8 Å². The molecule has 110 valence electrons. The van der Waals surface area contributed by atoms with Crippen molar-refractivity contribution < 1.29 is 9.94 Å². The molecule has 2 rings (SSSR count). The number of nitrogens with one attached hydrogen (secondary N) is 1. The van der Waals surface area contributed by atoms with Crippen molar-refractivity contribution in [2.75, 3.05) is 13.2 Å². The Morgan fingerprint density at radius 3 is 3.00 bits per heavy atom. The van der Waals surface area contributed by atoms with Crippen LogP contribution >= 0.6 is 0 Å². The van der Waals surface area contributed by atoms with Gasteiger partial charge >= 0.3 is 0 Å². The van der Waals surface area contributed by atoms with Crippen LogP contribution in [0.15, 0.2) is 23.4 Å². The standard InChI is InChI=1S/C15H23N3O2/c1-11-8-12(15(16)18-19)5-6-13(11)9-17-10-14-4-2-3-7-20-14/h5-6,8,14,17,19H,2-4,7,9-10H2,1H3,(H2,16,18). The first-order chi connectivity index (χ1) is 9.70. The minimum atomic E-state index is 0.142. The van der Waals surface area contributed by atoms with E-state index in [4.69, 9.17) is 15.7 Å². The van der Waals surface area contributed by atoms with E-state index in [9.17, 15) is 0 Å². The number of hydrogen-bond donors (Lipinski definition) is 3. The van der Waals surface area contributed by atoms with Gasteiger partial charge in [0.15, 0.2) is 5.84 Å². The Kier molecular flexibility index (Phi) is 5.38. The summed E-state index contributed by atoms with van der Waals surface area (Å²) in [5.41, 5.74) is 8.67. The van der Waals surface area contributed by atoms with E-state index in [0.717, 1.165) is 37.2 Å². The number of aryl methyl sites for hydroxylation is 1. The summed E-state index contributed by atoms with van der Waals surface area (Å²) in [5, 5.41) is 15.1. The molecule has 5 nitrogen and oxygen atoms in total. The molecular weight excluding hydrogens is 254 g/mol. The van der Waals surface area contributed by atoms with Crippen molar-refractivity contribution in [1.82, 2.24) is 5.32 Å². The molecule has 4 N–H and O–H groups in total. The molecular formula is C15H23N3O2. The Balaban J connectivity index is 1.86. The van der Waals surface area contributed by atoms with Crippen molar-refractivity contribution in [1.29, 1.82) is 0 Å². The predicted octanol–water partition coefficient (Wildman–Crippen LogP) is 1.75. The van der Waals surface area contributed by atoms with Crippen LogP contribution in [0.4, 0.5) is 0 Å². The number of rotatable bonds is 5. The summed E-state index contributed by atoms with van der Waals surface area (Å²) in [7, 11) is 0. The van der Waals surface area contributed by atoms with Gasteiger partial charge in [-0.25, -0.2) is 0 Å². The number of hydrogen-bond acceptors (Lipinski definition) is 4. The molecule has 1 fully saturated rings. The third-order valence-electron chi connectivity index (χ3n) is 3.71. The Bertz CT molecular complexity index is 468. The second-order valence-electron chi connectivity index (χ2n) is 5.25. The van der Waals surface area contributed by atoms with Gasteiger partial charge < -0.3 is 21.0 Å². The number of benzene rings is 1. The lowest BCUT2D eigenvalue weighted by Crippen LogP contribution is -2.31. The van der Waals surface area contributed by atoms with Gasteiger partial charge in [-0.05, 0) is 43.4 Å². The first-order valence-electron chi connectivity index (χ1n) is 7.10. The van der Waals surface area contributed by atoms with Crippen molar-refractivity contribution in [3.8, 4) is 0 Å². The van der Waals surface area contributed by atoms with Crippen LogP contribution in [0.5, 0.6) is 0 Å². The van der Waals surface area contributed by atoms with Crippen LogP contribution in [0, 0.1) is 6.92 Å². The molecule has 0 aromatic heterocycles. The van der Waals surface area contributed by atoms with E-state index < -0.39 is 0 Å². The summed E-state index contributed by atoms with van der Waals surface area (Å²) in [6.07, 6.45) is 3.94. The summed E-state index contributed by atoms with van der Waals surface area (Å²) < 4.78 is 5.69. The molecule has 20 heavy (non-hydrogen) atoms. The minimum absolute atomic E-state index is 0.142. The van der Waals surface area contributed by atoms with Gasteiger partial charge in [-0.15, -0.1) is 0 Å². The molecule has 0 saturated carbocycles. The van der Waals surface area contributed by atoms with E-state index in [0.29, 0.717) is 6.10 Å². The molecule has 0 spiro atoms. The molecule has 1 aliphatic heterocycles. The first kappa shape index (κ1) is 14.8. The number of nitrogens with zero attached hydrogens (tertiary/aromatic N) is 1. The van der Waals surface area contributed by atoms with Gasteiger partial charge in [0.1, 0.15) is 0 Å². The van der Waals surface area contributed by atoms with Gasteiger partial charge in [-0.3, -0.25) is 0 Å². The number of amidine groups is 1. The van der Waals surface area contributed by atoms with E-state index in [1.807, 2.05) is 25.1 Å². The number of oxime groups is 1. The van der Waals surface area contributed by atoms with E-state index in [1.165, 1.54) is 18.4 Å². The maximum absolute atomic E-state index is 8.67. The molecule has 0 bridgehead atoms. The van der Waals surface area contributed by atoms with Crippen LogP contribution in [0.25, 0.3) is 0 Å². The van der Waals surface area contributed by atoms with Crippen molar-refractivity contribution in [3.05, 3.63) is 34.9 Å². The highest BCUT2D eigenvalue weighted by atomic mass is 16.5. The van der Waals surface area contributed by atoms with Gasteiger partial charge in [0.25, 0.3) is 0 Å². The van der Waals surface area contributed by atoms with Crippen molar-refractivity contribution in [2.24, 2.45) is 10.9 Å². The zero-order valence-electron chi connectivity index (χ0n) is 11.9. The highest BCUT2D eigenvalue weighted by molar-refractivity contribution is 5.97. The lowest BCUT2D eigenvalue weighted by atomic mass is 10.0. The van der Waals surface area contributed by atoms with Crippen LogP contribution < -0.4 is 11.1 Å². The second-order valence-corrected chi connectivity index (χ2v) is 5.25. The maximum atomic E-state index is 8.67. The SMILES string of the molecule is Cc1cc(/C(N)=N/O)ccc1CNCC1CCCCO1. The Hall–Kier alpha value is -1.59. The van der Waals surface area contributed by atoms with Crippen molar-refractivity contribution in [3.63, 3.8) is 0 Å². The summed E-state index contributed by atoms with van der Waals surface area (Å²) in [5.74, 6) is 0.142. The topological polar surface area (TPSA) is 79.9 Å². The quantitative estimate of drug-likeness (QED) is 0.331. The van der Waals surface area contributed by atoms with Crippen LogP contribution in [-0.2, 0) is 11.3 Å². The number of ether oxygens (including phenoxy) is 1. The van der Waals surface area contributed by atoms with Crippen LogP contribution in [-0.4, -0.2) is 30.3 Å². The molecule has 1 heterocycles. The molecule has 1 aromatic carbocycles. The smallest absolute Gasteiger partial charge is 0.170 e. The molecule has 1 saturated heterocycles. The lowest BCUT2D eigenvalue weighted by molar-refractivity contribution is 0.0168. The monoisotopic (exact) mass is 277 g/mol. The molecule has 0 radical (unpaired) electrons. The van der Waals surface area contributed by atoms with Crippen LogP contribution in [0.3, 0.4) is 0 Å². The van der Waals surface area contributed by atoms with Crippen LogP contribution in [0.1, 0.15) is 36.0 Å². The Morgan fingerprint density at radius 2 is 2.35 bits per heavy atom. The summed E-state index contributed by atoms with van der Waals surface area (Å²) in [6, 6.07) is 5.82. The summed E-state index contributed by atoms with van der Waals surface area (Å²) in [4.78, 5) is 0. The highest BCUT2D eigenvalue weighted by Crippen LogP contribution is 2.13. The van der Waals surface area contributed by atoms with Crippen molar-refractivity contribution >= 4 is 5.84 Å². The zero-order chi connectivity index (χ0) is 14.4. The van der Waals surface area contributed by atoms with Gasteiger partial charge in [-0.1, -0.05) is 17.3 Å². The van der Waals surface area contributed by atoms with E-state index in [-0.39, 0.29) is 5.84 Å². The minimum Gasteiger partial charge on any atom is -0.409 e. The summed E-state index contributed by atoms with van der Waals surface area (Å²) in [6.45, 7) is 4.62. The fourth-order valence-electron chi connectivity index (χ4n) is 2.45. The van der Waals surface area contributed by atoms with Gasteiger partial charge in [0.2, 0.25) is 0 Å². The molecule has 0 aliphatic carbocycles. The second kappa shape index (κ2) is 7.26. The molecule has 1 aliphatic rings. The highest BCUT2D eigenvalue weighted by Gasteiger charge is 2.13. The normalized spacial score (nSPS) is 20.1. The Labute approximate surface area is 119 Å². The molecule has 5 heteroatoms. The third kappa shape index (κ3) is 3.95. The average molecular weight is 277 g/mol. The predicted molar refractivity (Wildman–Crippen MR) is 79.0 cm³/mol. The van der Waals surface area contributed by atoms with Gasteiger partial charge in [0, 0.05) is 25.3 Å². The summed E-state index contributed by atoms with van der Waals surface area (Å²) >= 11 is 0. The Morgan fingerprint density at radius 1 is 1.50 bits per heavy atom. The molecule has 1 atom stereocenters. The van der Waals surface area contributed by atoms with Gasteiger partial charge in [0.05, 0.1) is 6.10 Å². The average Bonchev–Trinajstić information content (AvgIpc) is 2.49. The number of nitrogens with two attached hydrogens (primary N) is 1.